The van der Waals surface area contributed by atoms with Gasteiger partial charge in [-0.2, -0.15) is 0 Å². The molecule has 1 heterocycles. The van der Waals surface area contributed by atoms with Crippen LogP contribution in [0.4, 0.5) is 0 Å². The van der Waals surface area contributed by atoms with Crippen LogP contribution >= 0.6 is 11.3 Å². The van der Waals surface area contributed by atoms with Gasteiger partial charge in [0, 0.05) is 10.4 Å². The Morgan fingerprint density at radius 3 is 2.65 bits per heavy atom. The Morgan fingerprint density at radius 2 is 2.05 bits per heavy atom. The zero-order chi connectivity index (χ0) is 14.5. The Kier molecular flexibility index (Phi) is 5.15. The Balaban J connectivity index is 2.39. The average Bonchev–Trinajstić information content (AvgIpc) is 2.77. The smallest absolute Gasteiger partial charge is 0.124 e. The van der Waals surface area contributed by atoms with Crippen LogP contribution in [0.2, 0.25) is 0 Å². The maximum Gasteiger partial charge on any atom is 0.124 e. The number of hydrogen-bond acceptors (Lipinski definition) is 4. The fourth-order valence-corrected chi connectivity index (χ4v) is 3.36. The third-order valence-electron chi connectivity index (χ3n) is 3.18. The Hall–Kier alpha value is -1.39. The molecule has 1 aromatic heterocycles. The molecule has 0 fully saturated rings. The van der Waals surface area contributed by atoms with Crippen molar-refractivity contribution in [3.63, 3.8) is 0 Å². The van der Waals surface area contributed by atoms with Crippen molar-refractivity contribution in [1.29, 1.82) is 0 Å². The first kappa shape index (κ1) is 15.0. The molecular formula is C16H22N2OS. The largest absolute Gasteiger partial charge is 0.493 e. The fraction of sp³-hybridized carbons (Fsp3) is 0.438. The van der Waals surface area contributed by atoms with E-state index >= 15 is 0 Å². The molecule has 0 spiro atoms. The molecule has 1 unspecified atom stereocenters. The van der Waals surface area contributed by atoms with E-state index in [1.807, 2.05) is 26.1 Å². The van der Waals surface area contributed by atoms with Gasteiger partial charge in [0.05, 0.1) is 23.4 Å². The molecule has 3 nitrogen and oxygen atoms in total. The summed E-state index contributed by atoms with van der Waals surface area (Å²) in [5, 5.41) is 4.50. The van der Waals surface area contributed by atoms with Gasteiger partial charge < -0.3 is 10.1 Å². The van der Waals surface area contributed by atoms with Gasteiger partial charge in [-0.3, -0.25) is 0 Å². The van der Waals surface area contributed by atoms with Crippen molar-refractivity contribution >= 4 is 11.3 Å². The summed E-state index contributed by atoms with van der Waals surface area (Å²) < 4.78 is 5.88. The van der Waals surface area contributed by atoms with E-state index in [1.165, 1.54) is 10.4 Å². The molecule has 4 heteroatoms. The first-order chi connectivity index (χ1) is 9.67. The molecule has 0 bridgehead atoms. The highest BCUT2D eigenvalue weighted by Gasteiger charge is 2.21. The predicted molar refractivity (Wildman–Crippen MR) is 84.7 cm³/mol. The van der Waals surface area contributed by atoms with E-state index < -0.39 is 0 Å². The number of para-hydroxylation sites is 1. The van der Waals surface area contributed by atoms with E-state index in [4.69, 9.17) is 4.74 Å². The van der Waals surface area contributed by atoms with Gasteiger partial charge in [-0.1, -0.05) is 25.1 Å². The lowest BCUT2D eigenvalue weighted by Gasteiger charge is -2.19. The molecule has 1 N–H and O–H groups in total. The summed E-state index contributed by atoms with van der Waals surface area (Å²) in [6.45, 7) is 6.98. The zero-order valence-corrected chi connectivity index (χ0v) is 13.4. The number of rotatable bonds is 6. The van der Waals surface area contributed by atoms with Crippen LogP contribution in [0.25, 0.3) is 0 Å². The quantitative estimate of drug-likeness (QED) is 0.877. The maximum absolute atomic E-state index is 5.88. The molecule has 108 valence electrons. The summed E-state index contributed by atoms with van der Waals surface area (Å²) in [4.78, 5) is 5.80. The van der Waals surface area contributed by atoms with Gasteiger partial charge in [-0.15, -0.1) is 11.3 Å². The Labute approximate surface area is 125 Å². The van der Waals surface area contributed by atoms with E-state index in [-0.39, 0.29) is 6.04 Å². The predicted octanol–water partition coefficient (Wildman–Crippen LogP) is 3.86. The highest BCUT2D eigenvalue weighted by Crippen LogP contribution is 2.34. The van der Waals surface area contributed by atoms with Crippen LogP contribution in [-0.4, -0.2) is 18.6 Å². The van der Waals surface area contributed by atoms with Crippen LogP contribution in [0, 0.1) is 13.8 Å². The summed E-state index contributed by atoms with van der Waals surface area (Å²) in [5.74, 6) is 0.958. The van der Waals surface area contributed by atoms with Crippen LogP contribution < -0.4 is 10.1 Å². The summed E-state index contributed by atoms with van der Waals surface area (Å²) in [6, 6.07) is 8.38. The topological polar surface area (TPSA) is 34.1 Å². The third-order valence-corrected chi connectivity index (χ3v) is 4.32. The minimum absolute atomic E-state index is 0.134. The number of hydrogen-bond donors (Lipinski definition) is 1. The van der Waals surface area contributed by atoms with E-state index in [2.05, 4.69) is 36.3 Å². The van der Waals surface area contributed by atoms with E-state index in [1.54, 1.807) is 11.3 Å². The monoisotopic (exact) mass is 290 g/mol. The van der Waals surface area contributed by atoms with Crippen LogP contribution in [-0.2, 0) is 0 Å². The first-order valence-electron chi connectivity index (χ1n) is 7.00. The first-order valence-corrected chi connectivity index (χ1v) is 7.82. The lowest BCUT2D eigenvalue weighted by atomic mass is 10.0. The van der Waals surface area contributed by atoms with Crippen molar-refractivity contribution in [3.8, 4) is 5.75 Å². The fourth-order valence-electron chi connectivity index (χ4n) is 2.31. The lowest BCUT2D eigenvalue weighted by Crippen LogP contribution is -2.18. The minimum atomic E-state index is 0.134. The summed E-state index contributed by atoms with van der Waals surface area (Å²) in [5.41, 5.74) is 2.27. The molecule has 0 aliphatic heterocycles. The van der Waals surface area contributed by atoms with Crippen LogP contribution in [0.1, 0.15) is 40.5 Å². The summed E-state index contributed by atoms with van der Waals surface area (Å²) in [7, 11) is 1.98. The van der Waals surface area contributed by atoms with Crippen molar-refractivity contribution in [3.05, 3.63) is 45.4 Å². The highest BCUT2D eigenvalue weighted by atomic mass is 32.1. The van der Waals surface area contributed by atoms with Crippen molar-refractivity contribution in [2.75, 3.05) is 13.7 Å². The second kappa shape index (κ2) is 6.86. The molecule has 0 aliphatic rings. The number of benzene rings is 1. The second-order valence-corrected chi connectivity index (χ2v) is 6.03. The third kappa shape index (κ3) is 3.19. The van der Waals surface area contributed by atoms with E-state index in [0.29, 0.717) is 0 Å². The van der Waals surface area contributed by atoms with Crippen molar-refractivity contribution in [2.24, 2.45) is 0 Å². The van der Waals surface area contributed by atoms with E-state index in [9.17, 15) is 0 Å². The van der Waals surface area contributed by atoms with Gasteiger partial charge in [0.15, 0.2) is 0 Å². The van der Waals surface area contributed by atoms with Gasteiger partial charge in [0.25, 0.3) is 0 Å². The van der Waals surface area contributed by atoms with Gasteiger partial charge in [0.2, 0.25) is 0 Å². The highest BCUT2D eigenvalue weighted by molar-refractivity contribution is 7.11. The van der Waals surface area contributed by atoms with E-state index in [0.717, 1.165) is 29.5 Å². The molecular weight excluding hydrogens is 268 g/mol. The van der Waals surface area contributed by atoms with Crippen molar-refractivity contribution in [1.82, 2.24) is 10.3 Å². The molecule has 0 aliphatic carbocycles. The van der Waals surface area contributed by atoms with Gasteiger partial charge >= 0.3 is 0 Å². The van der Waals surface area contributed by atoms with Crippen molar-refractivity contribution < 1.29 is 4.74 Å². The lowest BCUT2D eigenvalue weighted by molar-refractivity contribution is 0.312. The second-order valence-electron chi connectivity index (χ2n) is 4.79. The van der Waals surface area contributed by atoms with Gasteiger partial charge in [0.1, 0.15) is 5.75 Å². The number of ether oxygens (including phenoxy) is 1. The zero-order valence-electron chi connectivity index (χ0n) is 12.6. The molecule has 2 aromatic rings. The standard InChI is InChI=1S/C16H22N2OS/c1-5-10-19-14-9-7-6-8-13(14)15(17-4)16-11(2)18-12(3)20-16/h6-9,15,17H,5,10H2,1-4H3. The van der Waals surface area contributed by atoms with Gasteiger partial charge in [-0.25, -0.2) is 4.98 Å². The number of aromatic nitrogens is 1. The maximum atomic E-state index is 5.88. The van der Waals surface area contributed by atoms with Gasteiger partial charge in [-0.05, 0) is 33.4 Å². The number of aryl methyl sites for hydroxylation is 2. The SMILES string of the molecule is CCCOc1ccccc1C(NC)c1sc(C)nc1C. The molecule has 1 aromatic carbocycles. The Morgan fingerprint density at radius 1 is 1.30 bits per heavy atom. The van der Waals surface area contributed by atoms with Crippen LogP contribution in [0.5, 0.6) is 5.75 Å². The summed E-state index contributed by atoms with van der Waals surface area (Å²) in [6.07, 6.45) is 1.01. The molecule has 0 amide bonds. The van der Waals surface area contributed by atoms with Crippen LogP contribution in [0.15, 0.2) is 24.3 Å². The van der Waals surface area contributed by atoms with Crippen LogP contribution in [0.3, 0.4) is 0 Å². The molecule has 0 radical (unpaired) electrons. The molecule has 0 saturated heterocycles. The number of nitrogens with zero attached hydrogens (tertiary/aromatic N) is 1. The average molecular weight is 290 g/mol. The summed E-state index contributed by atoms with van der Waals surface area (Å²) >= 11 is 1.75. The number of thiazole rings is 1. The Bertz CT molecular complexity index is 565. The minimum Gasteiger partial charge on any atom is -0.493 e. The number of nitrogens with one attached hydrogen (secondary N) is 1. The van der Waals surface area contributed by atoms with Crippen molar-refractivity contribution in [2.45, 2.75) is 33.2 Å². The normalized spacial score (nSPS) is 12.4. The molecule has 2 rings (SSSR count). The molecule has 1 atom stereocenters. The molecule has 0 saturated carbocycles. The molecule has 20 heavy (non-hydrogen) atoms.